The van der Waals surface area contributed by atoms with Gasteiger partial charge in [0, 0.05) is 23.2 Å². The number of H-pyrrole nitrogens is 1. The highest BCUT2D eigenvalue weighted by Gasteiger charge is 2.25. The number of aromatic amines is 1. The van der Waals surface area contributed by atoms with E-state index in [4.69, 9.17) is 0 Å². The monoisotopic (exact) mass is 291 g/mol. The maximum Gasteiger partial charge on any atom is 0.271 e. The molecule has 1 atom stereocenters. The molecule has 0 spiro atoms. The van der Waals surface area contributed by atoms with Crippen molar-refractivity contribution in [2.24, 2.45) is 0 Å². The Balaban J connectivity index is 2.06. The third-order valence-electron chi connectivity index (χ3n) is 2.15. The van der Waals surface area contributed by atoms with Gasteiger partial charge in [0.25, 0.3) is 5.91 Å². The minimum absolute atomic E-state index is 0.0664. The Morgan fingerprint density at radius 2 is 2.62 bits per heavy atom. The van der Waals surface area contributed by atoms with Crippen LogP contribution in [0.5, 0.6) is 0 Å². The molecule has 2 heterocycles. The summed E-state index contributed by atoms with van der Waals surface area (Å²) in [5.41, 5.74) is 0.588. The van der Waals surface area contributed by atoms with Crippen molar-refractivity contribution in [3.63, 3.8) is 0 Å². The number of amides is 1. The summed E-state index contributed by atoms with van der Waals surface area (Å²) in [5.74, 6) is 0.0664. The molecular weight excluding hydrogens is 281 g/mol. The van der Waals surface area contributed by atoms with Gasteiger partial charge in [-0.1, -0.05) is 22.6 Å². The van der Waals surface area contributed by atoms with Gasteiger partial charge in [-0.05, 0) is 12.5 Å². The first-order valence-electron chi connectivity index (χ1n) is 4.20. The highest BCUT2D eigenvalue weighted by molar-refractivity contribution is 14.1. The molecular formula is C8H10IN3O. The Hall–Kier alpha value is -0.590. The van der Waals surface area contributed by atoms with E-state index < -0.39 is 0 Å². The van der Waals surface area contributed by atoms with E-state index in [0.717, 1.165) is 19.5 Å². The van der Waals surface area contributed by atoms with Crippen LogP contribution in [0, 0.1) is 0 Å². The number of carbonyl (C=O) groups is 1. The molecule has 1 aliphatic heterocycles. The number of rotatable bonds is 1. The first kappa shape index (κ1) is 8.98. The van der Waals surface area contributed by atoms with Crippen LogP contribution >= 0.6 is 22.6 Å². The number of halogens is 1. The van der Waals surface area contributed by atoms with E-state index in [1.165, 1.54) is 0 Å². The van der Waals surface area contributed by atoms with Crippen LogP contribution in [0.1, 0.15) is 16.9 Å². The second kappa shape index (κ2) is 3.65. The number of hydrogen-bond donors (Lipinski definition) is 1. The summed E-state index contributed by atoms with van der Waals surface area (Å²) < 4.78 is 0.601. The van der Waals surface area contributed by atoms with Crippen molar-refractivity contribution < 1.29 is 4.79 Å². The van der Waals surface area contributed by atoms with Gasteiger partial charge in [-0.15, -0.1) is 0 Å². The van der Waals surface area contributed by atoms with Crippen molar-refractivity contribution in [1.82, 2.24) is 15.1 Å². The lowest BCUT2D eigenvalue weighted by molar-refractivity contribution is 0.0788. The third kappa shape index (κ3) is 1.84. The lowest BCUT2D eigenvalue weighted by Crippen LogP contribution is -2.29. The predicted octanol–water partition coefficient (Wildman–Crippen LogP) is 1.06. The second-order valence-electron chi connectivity index (χ2n) is 3.11. The molecule has 1 saturated heterocycles. The number of hydrogen-bond acceptors (Lipinski definition) is 2. The van der Waals surface area contributed by atoms with Gasteiger partial charge in [-0.3, -0.25) is 9.89 Å². The molecule has 0 aromatic carbocycles. The molecule has 0 radical (unpaired) electrons. The smallest absolute Gasteiger partial charge is 0.271 e. The second-order valence-corrected chi connectivity index (χ2v) is 4.87. The summed E-state index contributed by atoms with van der Waals surface area (Å²) in [5, 5.41) is 6.44. The van der Waals surface area contributed by atoms with Crippen LogP contribution in [0.25, 0.3) is 0 Å². The molecule has 5 heteroatoms. The van der Waals surface area contributed by atoms with Gasteiger partial charge in [0.05, 0.1) is 0 Å². The molecule has 1 aliphatic rings. The lowest BCUT2D eigenvalue weighted by atomic mass is 10.4. The maximum atomic E-state index is 11.7. The Morgan fingerprint density at radius 1 is 1.77 bits per heavy atom. The van der Waals surface area contributed by atoms with E-state index in [1.54, 1.807) is 12.3 Å². The predicted molar refractivity (Wildman–Crippen MR) is 56.9 cm³/mol. The summed E-state index contributed by atoms with van der Waals surface area (Å²) in [4.78, 5) is 13.6. The maximum absolute atomic E-state index is 11.7. The van der Waals surface area contributed by atoms with Gasteiger partial charge in [0.1, 0.15) is 5.69 Å². The van der Waals surface area contributed by atoms with Crippen LogP contribution in [0.15, 0.2) is 12.3 Å². The summed E-state index contributed by atoms with van der Waals surface area (Å²) in [6, 6.07) is 1.71. The van der Waals surface area contributed by atoms with Crippen LogP contribution in [0.2, 0.25) is 0 Å². The van der Waals surface area contributed by atoms with Crippen molar-refractivity contribution >= 4 is 28.5 Å². The minimum atomic E-state index is 0.0664. The zero-order valence-electron chi connectivity index (χ0n) is 7.03. The molecule has 1 aromatic heterocycles. The first-order valence-corrected chi connectivity index (χ1v) is 5.44. The minimum Gasteiger partial charge on any atom is -0.336 e. The molecule has 1 aromatic rings. The largest absolute Gasteiger partial charge is 0.336 e. The molecule has 0 aliphatic carbocycles. The summed E-state index contributed by atoms with van der Waals surface area (Å²) in [6.45, 7) is 1.73. The zero-order valence-corrected chi connectivity index (χ0v) is 9.19. The molecule has 0 unspecified atom stereocenters. The Labute approximate surface area is 89.8 Å². The van der Waals surface area contributed by atoms with Crippen LogP contribution in [0.3, 0.4) is 0 Å². The SMILES string of the molecule is O=C(c1ccn[nH]1)N1CC[C@@H](I)C1. The Morgan fingerprint density at radius 3 is 3.15 bits per heavy atom. The van der Waals surface area contributed by atoms with Crippen molar-refractivity contribution in [1.29, 1.82) is 0 Å². The number of carbonyl (C=O) groups excluding carboxylic acids is 1. The first-order chi connectivity index (χ1) is 6.27. The normalized spacial score (nSPS) is 22.2. The fourth-order valence-electron chi connectivity index (χ4n) is 1.45. The van der Waals surface area contributed by atoms with Gasteiger partial charge in [-0.2, -0.15) is 5.10 Å². The van der Waals surface area contributed by atoms with E-state index in [9.17, 15) is 4.79 Å². The molecule has 70 valence electrons. The van der Waals surface area contributed by atoms with Crippen molar-refractivity contribution in [2.75, 3.05) is 13.1 Å². The number of aromatic nitrogens is 2. The standard InChI is InChI=1S/C8H10IN3O/c9-6-2-4-12(5-6)8(13)7-1-3-10-11-7/h1,3,6H,2,4-5H2,(H,10,11)/t6-/m1/s1. The summed E-state index contributed by atoms with van der Waals surface area (Å²) in [6.07, 6.45) is 2.70. The average molecular weight is 291 g/mol. The number of alkyl halides is 1. The summed E-state index contributed by atoms with van der Waals surface area (Å²) >= 11 is 2.38. The van der Waals surface area contributed by atoms with Crippen LogP contribution in [-0.2, 0) is 0 Å². The average Bonchev–Trinajstić information content (AvgIpc) is 2.72. The Kier molecular flexibility index (Phi) is 2.52. The van der Waals surface area contributed by atoms with E-state index in [1.807, 2.05) is 4.90 Å². The van der Waals surface area contributed by atoms with E-state index in [0.29, 0.717) is 9.62 Å². The molecule has 0 saturated carbocycles. The third-order valence-corrected chi connectivity index (χ3v) is 3.17. The van der Waals surface area contributed by atoms with Crippen LogP contribution < -0.4 is 0 Å². The quantitative estimate of drug-likeness (QED) is 0.621. The highest BCUT2D eigenvalue weighted by atomic mass is 127. The van der Waals surface area contributed by atoms with Crippen LogP contribution in [0.4, 0.5) is 0 Å². The fraction of sp³-hybridized carbons (Fsp3) is 0.500. The molecule has 4 nitrogen and oxygen atoms in total. The molecule has 2 rings (SSSR count). The summed E-state index contributed by atoms with van der Waals surface area (Å²) in [7, 11) is 0. The van der Waals surface area contributed by atoms with E-state index in [-0.39, 0.29) is 5.91 Å². The molecule has 1 N–H and O–H groups in total. The number of nitrogens with zero attached hydrogens (tertiary/aromatic N) is 2. The molecule has 1 fully saturated rings. The van der Waals surface area contributed by atoms with Crippen molar-refractivity contribution in [2.45, 2.75) is 10.3 Å². The van der Waals surface area contributed by atoms with Crippen molar-refractivity contribution in [3.8, 4) is 0 Å². The van der Waals surface area contributed by atoms with Gasteiger partial charge >= 0.3 is 0 Å². The fourth-order valence-corrected chi connectivity index (χ4v) is 2.20. The van der Waals surface area contributed by atoms with Crippen molar-refractivity contribution in [3.05, 3.63) is 18.0 Å². The van der Waals surface area contributed by atoms with Crippen LogP contribution in [-0.4, -0.2) is 38.0 Å². The molecule has 0 bridgehead atoms. The van der Waals surface area contributed by atoms with E-state index >= 15 is 0 Å². The zero-order chi connectivity index (χ0) is 9.26. The van der Waals surface area contributed by atoms with E-state index in [2.05, 4.69) is 32.8 Å². The molecule has 1 amide bonds. The lowest BCUT2D eigenvalue weighted by Gasteiger charge is -2.13. The molecule has 13 heavy (non-hydrogen) atoms. The highest BCUT2D eigenvalue weighted by Crippen LogP contribution is 2.18. The number of nitrogens with one attached hydrogen (secondary N) is 1. The van der Waals surface area contributed by atoms with Gasteiger partial charge in [0.15, 0.2) is 0 Å². The van der Waals surface area contributed by atoms with Gasteiger partial charge < -0.3 is 4.90 Å². The van der Waals surface area contributed by atoms with Gasteiger partial charge in [0.2, 0.25) is 0 Å². The topological polar surface area (TPSA) is 49.0 Å². The number of likely N-dealkylation sites (tertiary alicyclic amines) is 1. The Bertz CT molecular complexity index is 298. The van der Waals surface area contributed by atoms with Gasteiger partial charge in [-0.25, -0.2) is 0 Å².